The Hall–Kier alpha value is 0.0569. The van der Waals surface area contributed by atoms with Gasteiger partial charge in [0.25, 0.3) is 0 Å². The van der Waals surface area contributed by atoms with Crippen LogP contribution in [0, 0.1) is 5.41 Å². The number of nitrogens with zero attached hydrogens (tertiary/aromatic N) is 3. The SMILES string of the molecule is CN(C)CCCC(CCCN(C)C)(CCCN(C)C)C[SiH2]OC(C)(C)C. The van der Waals surface area contributed by atoms with Crippen LogP contribution in [-0.4, -0.2) is 92.0 Å². The first-order chi connectivity index (χ1) is 12.0. The van der Waals surface area contributed by atoms with Gasteiger partial charge < -0.3 is 19.1 Å². The summed E-state index contributed by atoms with van der Waals surface area (Å²) in [5.41, 5.74) is 0.508. The van der Waals surface area contributed by atoms with Crippen LogP contribution in [-0.2, 0) is 4.43 Å². The van der Waals surface area contributed by atoms with Gasteiger partial charge in [-0.05, 0) is 133 Å². The molecule has 0 aliphatic heterocycles. The second kappa shape index (κ2) is 13.3. The Bertz CT molecular complexity index is 305. The Morgan fingerprint density at radius 3 is 1.27 bits per heavy atom. The molecule has 26 heavy (non-hydrogen) atoms. The van der Waals surface area contributed by atoms with Gasteiger partial charge >= 0.3 is 0 Å². The van der Waals surface area contributed by atoms with Crippen molar-refractivity contribution in [2.75, 3.05) is 61.9 Å². The molecule has 5 heteroatoms. The van der Waals surface area contributed by atoms with Gasteiger partial charge in [0.15, 0.2) is 9.76 Å². The monoisotopic (exact) mass is 387 g/mol. The lowest BCUT2D eigenvalue weighted by Gasteiger charge is -2.36. The Balaban J connectivity index is 4.95. The van der Waals surface area contributed by atoms with Gasteiger partial charge in [-0.15, -0.1) is 0 Å². The van der Waals surface area contributed by atoms with Gasteiger partial charge in [-0.25, -0.2) is 0 Å². The minimum absolute atomic E-state index is 0.0227. The molecule has 0 aromatic heterocycles. The van der Waals surface area contributed by atoms with E-state index in [1.807, 2.05) is 0 Å². The third-order valence-corrected chi connectivity index (χ3v) is 7.44. The molecule has 0 fully saturated rings. The highest BCUT2D eigenvalue weighted by Crippen LogP contribution is 2.39. The number of rotatable bonds is 15. The average molecular weight is 388 g/mol. The van der Waals surface area contributed by atoms with E-state index in [4.69, 9.17) is 4.43 Å². The van der Waals surface area contributed by atoms with E-state index in [0.29, 0.717) is 5.41 Å². The maximum Gasteiger partial charge on any atom is 0.162 e. The Kier molecular flexibility index (Phi) is 13.3. The Labute approximate surface area is 167 Å². The van der Waals surface area contributed by atoms with E-state index in [0.717, 1.165) is 0 Å². The summed E-state index contributed by atoms with van der Waals surface area (Å²) in [6.07, 6.45) is 7.98. The van der Waals surface area contributed by atoms with E-state index in [2.05, 4.69) is 77.8 Å². The molecule has 0 aliphatic carbocycles. The zero-order chi connectivity index (χ0) is 20.2. The molecule has 0 rings (SSSR count). The van der Waals surface area contributed by atoms with Gasteiger partial charge in [0.05, 0.1) is 0 Å². The van der Waals surface area contributed by atoms with Crippen LogP contribution in [0.15, 0.2) is 0 Å². The second-order valence-corrected chi connectivity index (χ2v) is 11.1. The first kappa shape index (κ1) is 26.1. The Morgan fingerprint density at radius 2 is 1.00 bits per heavy atom. The summed E-state index contributed by atoms with van der Waals surface area (Å²) in [5, 5.41) is 0. The fourth-order valence-electron chi connectivity index (χ4n) is 3.63. The number of hydrogen-bond donors (Lipinski definition) is 0. The summed E-state index contributed by atoms with van der Waals surface area (Å²) in [6, 6.07) is 1.33. The molecule has 0 saturated carbocycles. The predicted molar refractivity (Wildman–Crippen MR) is 120 cm³/mol. The minimum atomic E-state index is -0.480. The van der Waals surface area contributed by atoms with Gasteiger partial charge in [-0.2, -0.15) is 0 Å². The third kappa shape index (κ3) is 15.1. The van der Waals surface area contributed by atoms with Crippen molar-refractivity contribution in [3.05, 3.63) is 0 Å². The molecule has 0 amide bonds. The summed E-state index contributed by atoms with van der Waals surface area (Å²) < 4.78 is 6.27. The molecule has 0 spiro atoms. The van der Waals surface area contributed by atoms with Gasteiger partial charge in [0.2, 0.25) is 0 Å². The van der Waals surface area contributed by atoms with Gasteiger partial charge in [0, 0.05) is 5.60 Å². The van der Waals surface area contributed by atoms with Crippen molar-refractivity contribution in [1.29, 1.82) is 0 Å². The highest BCUT2D eigenvalue weighted by atomic mass is 28.2. The van der Waals surface area contributed by atoms with Crippen molar-refractivity contribution in [1.82, 2.24) is 14.7 Å². The molecule has 0 atom stereocenters. The van der Waals surface area contributed by atoms with E-state index in [1.54, 1.807) is 0 Å². The van der Waals surface area contributed by atoms with E-state index in [1.165, 1.54) is 64.2 Å². The lowest BCUT2D eigenvalue weighted by Crippen LogP contribution is -2.30. The van der Waals surface area contributed by atoms with Crippen molar-refractivity contribution in [2.45, 2.75) is 70.9 Å². The van der Waals surface area contributed by atoms with Crippen molar-refractivity contribution < 1.29 is 4.43 Å². The normalized spacial score (nSPS) is 13.8. The third-order valence-electron chi connectivity index (χ3n) is 5.10. The maximum atomic E-state index is 6.27. The van der Waals surface area contributed by atoms with E-state index >= 15 is 0 Å². The van der Waals surface area contributed by atoms with Crippen LogP contribution in [0.2, 0.25) is 6.04 Å². The molecule has 0 N–H and O–H groups in total. The summed E-state index contributed by atoms with van der Waals surface area (Å²) >= 11 is 0. The number of hydrogen-bond acceptors (Lipinski definition) is 4. The summed E-state index contributed by atoms with van der Waals surface area (Å²) in [6.45, 7) is 10.2. The van der Waals surface area contributed by atoms with Crippen LogP contribution in [0.5, 0.6) is 0 Å². The molecule has 0 unspecified atom stereocenters. The van der Waals surface area contributed by atoms with Gasteiger partial charge in [-0.3, -0.25) is 0 Å². The summed E-state index contributed by atoms with van der Waals surface area (Å²) in [5.74, 6) is 0. The second-order valence-electron chi connectivity index (χ2n) is 9.93. The minimum Gasteiger partial charge on any atom is -0.419 e. The van der Waals surface area contributed by atoms with Crippen LogP contribution < -0.4 is 0 Å². The fraction of sp³-hybridized carbons (Fsp3) is 1.00. The highest BCUT2D eigenvalue weighted by molar-refractivity contribution is 6.27. The first-order valence-electron chi connectivity index (χ1n) is 10.5. The molecule has 0 bridgehead atoms. The van der Waals surface area contributed by atoms with Crippen LogP contribution in [0.1, 0.15) is 59.3 Å². The largest absolute Gasteiger partial charge is 0.419 e. The smallest absolute Gasteiger partial charge is 0.162 e. The van der Waals surface area contributed by atoms with Crippen molar-refractivity contribution in [3.63, 3.8) is 0 Å². The van der Waals surface area contributed by atoms with Crippen LogP contribution in [0.4, 0.5) is 0 Å². The first-order valence-corrected chi connectivity index (χ1v) is 12.1. The molecule has 0 aliphatic rings. The standard InChI is InChI=1S/C21H49N3OSi/c1-20(2,3)25-26-19-21(13-10-16-22(4)5,14-11-17-23(6)7)15-12-18-24(8)9/h10-19,26H2,1-9H3. The highest BCUT2D eigenvalue weighted by Gasteiger charge is 2.29. The average Bonchev–Trinajstić information content (AvgIpc) is 2.44. The van der Waals surface area contributed by atoms with Gasteiger partial charge in [-0.1, -0.05) is 0 Å². The lowest BCUT2D eigenvalue weighted by atomic mass is 9.76. The molecule has 0 saturated heterocycles. The van der Waals surface area contributed by atoms with E-state index in [-0.39, 0.29) is 5.60 Å². The van der Waals surface area contributed by atoms with Crippen LogP contribution in [0.25, 0.3) is 0 Å². The van der Waals surface area contributed by atoms with Crippen molar-refractivity contribution in [3.8, 4) is 0 Å². The molecular formula is C21H49N3OSi. The lowest BCUT2D eigenvalue weighted by molar-refractivity contribution is 0.127. The Morgan fingerprint density at radius 1 is 0.654 bits per heavy atom. The predicted octanol–water partition coefficient (Wildman–Crippen LogP) is 3.32. The van der Waals surface area contributed by atoms with Crippen LogP contribution in [0.3, 0.4) is 0 Å². The van der Waals surface area contributed by atoms with Crippen molar-refractivity contribution in [2.24, 2.45) is 5.41 Å². The van der Waals surface area contributed by atoms with Crippen molar-refractivity contribution >= 4 is 9.76 Å². The zero-order valence-corrected chi connectivity index (χ0v) is 20.9. The molecular weight excluding hydrogens is 338 g/mol. The van der Waals surface area contributed by atoms with Gasteiger partial charge in [0.1, 0.15) is 0 Å². The molecule has 4 nitrogen and oxygen atoms in total. The van der Waals surface area contributed by atoms with E-state index < -0.39 is 9.76 Å². The molecule has 0 radical (unpaired) electrons. The molecule has 158 valence electrons. The quantitative estimate of drug-likeness (QED) is 0.401. The van der Waals surface area contributed by atoms with E-state index in [9.17, 15) is 0 Å². The maximum absolute atomic E-state index is 6.27. The molecule has 0 aromatic carbocycles. The van der Waals surface area contributed by atoms with Crippen LogP contribution >= 0.6 is 0 Å². The zero-order valence-electron chi connectivity index (χ0n) is 19.5. The summed E-state index contributed by atoms with van der Waals surface area (Å²) in [4.78, 5) is 6.98. The molecule has 0 aromatic rings. The summed E-state index contributed by atoms with van der Waals surface area (Å²) in [7, 11) is 12.7. The topological polar surface area (TPSA) is 19.0 Å². The fourth-order valence-corrected chi connectivity index (χ4v) is 5.53. The molecule has 0 heterocycles.